The van der Waals surface area contributed by atoms with Gasteiger partial charge in [-0.25, -0.2) is 13.9 Å². The smallest absolute Gasteiger partial charge is 0.151 e. The van der Waals surface area contributed by atoms with E-state index in [9.17, 15) is 0 Å². The molecule has 0 bridgehead atoms. The van der Waals surface area contributed by atoms with Gasteiger partial charge in [-0.05, 0) is 49.7 Å². The summed E-state index contributed by atoms with van der Waals surface area (Å²) in [6.07, 6.45) is 5.34. The number of rotatable bonds is 4. The number of anilines is 1. The number of nitrogens with zero attached hydrogens (tertiary/aromatic N) is 5. The van der Waals surface area contributed by atoms with Gasteiger partial charge in [-0.15, -0.1) is 0 Å². The molecule has 33 heavy (non-hydrogen) atoms. The van der Waals surface area contributed by atoms with Crippen LogP contribution in [-0.4, -0.2) is 37.5 Å². The van der Waals surface area contributed by atoms with Gasteiger partial charge in [0.15, 0.2) is 5.82 Å². The maximum atomic E-state index is 15.4. The minimum absolute atomic E-state index is 0.311. The number of nitrogen functional groups attached to an aromatic ring is 1. The molecule has 0 atom stereocenters. The standard InChI is InChI=1S/C25H24FN7/c26-21-10-18-14-32(13-16-4-2-1-3-5-16)31-22(18)11-19(21)20-12-23(17-6-8-28-9-7-17)33-24(20)25(27)29-15-30-33/h1-5,10-12,14-15,17,28H,6-9,13H2,(H2,27,29,30). The van der Waals surface area contributed by atoms with Crippen LogP contribution in [0.25, 0.3) is 27.5 Å². The largest absolute Gasteiger partial charge is 0.382 e. The molecule has 4 heterocycles. The summed E-state index contributed by atoms with van der Waals surface area (Å²) >= 11 is 0. The molecule has 2 aromatic carbocycles. The third-order valence-corrected chi connectivity index (χ3v) is 6.49. The molecule has 3 N–H and O–H groups in total. The number of hydrogen-bond acceptors (Lipinski definition) is 5. The van der Waals surface area contributed by atoms with Gasteiger partial charge in [-0.2, -0.15) is 10.2 Å². The Labute approximate surface area is 190 Å². The first kappa shape index (κ1) is 19.9. The van der Waals surface area contributed by atoms with Crippen LogP contribution in [0.1, 0.15) is 30.0 Å². The molecule has 3 aromatic heterocycles. The maximum Gasteiger partial charge on any atom is 0.151 e. The maximum absolute atomic E-state index is 15.4. The van der Waals surface area contributed by atoms with Crippen molar-refractivity contribution < 1.29 is 4.39 Å². The Morgan fingerprint density at radius 2 is 1.88 bits per heavy atom. The van der Waals surface area contributed by atoms with E-state index in [1.807, 2.05) is 39.7 Å². The van der Waals surface area contributed by atoms with Crippen molar-refractivity contribution in [2.45, 2.75) is 25.3 Å². The van der Waals surface area contributed by atoms with E-state index in [4.69, 9.17) is 10.8 Å². The summed E-state index contributed by atoms with van der Waals surface area (Å²) in [5.74, 6) is 0.363. The molecule has 0 saturated carbocycles. The second kappa shape index (κ2) is 7.97. The molecule has 1 fully saturated rings. The van der Waals surface area contributed by atoms with E-state index >= 15 is 4.39 Å². The molecular formula is C25H24FN7. The minimum Gasteiger partial charge on any atom is -0.382 e. The average Bonchev–Trinajstić information content (AvgIpc) is 3.41. The Balaban J connectivity index is 1.47. The fourth-order valence-corrected chi connectivity index (χ4v) is 4.86. The number of hydrogen-bond donors (Lipinski definition) is 2. The number of fused-ring (bicyclic) bond motifs is 2. The van der Waals surface area contributed by atoms with E-state index in [-0.39, 0.29) is 5.82 Å². The van der Waals surface area contributed by atoms with Gasteiger partial charge in [0.1, 0.15) is 17.7 Å². The van der Waals surface area contributed by atoms with Crippen LogP contribution in [-0.2, 0) is 6.54 Å². The van der Waals surface area contributed by atoms with Crippen molar-refractivity contribution in [2.24, 2.45) is 0 Å². The molecule has 8 heteroatoms. The molecule has 0 radical (unpaired) electrons. The molecule has 0 aliphatic carbocycles. The highest BCUT2D eigenvalue weighted by Crippen LogP contribution is 2.37. The molecular weight excluding hydrogens is 417 g/mol. The van der Waals surface area contributed by atoms with Crippen LogP contribution in [0.2, 0.25) is 0 Å². The zero-order chi connectivity index (χ0) is 22.4. The molecule has 0 amide bonds. The Hall–Kier alpha value is -3.78. The van der Waals surface area contributed by atoms with Crippen molar-refractivity contribution in [1.29, 1.82) is 0 Å². The lowest BCUT2D eigenvalue weighted by Gasteiger charge is -2.22. The summed E-state index contributed by atoms with van der Waals surface area (Å²) in [6, 6.07) is 15.5. The van der Waals surface area contributed by atoms with Gasteiger partial charge in [-0.1, -0.05) is 30.3 Å². The minimum atomic E-state index is -0.311. The Kier molecular flexibility index (Phi) is 4.80. The molecule has 7 nitrogen and oxygen atoms in total. The van der Waals surface area contributed by atoms with E-state index in [2.05, 4.69) is 27.5 Å². The summed E-state index contributed by atoms with van der Waals surface area (Å²) in [5.41, 5.74) is 11.0. The van der Waals surface area contributed by atoms with Crippen molar-refractivity contribution in [3.8, 4) is 11.1 Å². The lowest BCUT2D eigenvalue weighted by molar-refractivity contribution is 0.448. The Morgan fingerprint density at radius 1 is 1.06 bits per heavy atom. The summed E-state index contributed by atoms with van der Waals surface area (Å²) in [5, 5.41) is 13.3. The molecule has 1 saturated heterocycles. The third kappa shape index (κ3) is 3.52. The summed E-state index contributed by atoms with van der Waals surface area (Å²) in [6.45, 7) is 2.53. The van der Waals surface area contributed by atoms with E-state index < -0.39 is 0 Å². The van der Waals surface area contributed by atoms with Crippen LogP contribution in [0.3, 0.4) is 0 Å². The topological polar surface area (TPSA) is 86.1 Å². The first-order valence-electron chi connectivity index (χ1n) is 11.2. The van der Waals surface area contributed by atoms with Crippen molar-refractivity contribution in [3.63, 3.8) is 0 Å². The second-order valence-electron chi connectivity index (χ2n) is 8.62. The molecule has 0 spiro atoms. The SMILES string of the molecule is Nc1ncnn2c(C3CCNCC3)cc(-c3cc4nn(Cc5ccccc5)cc4cc3F)c12. The normalized spacial score (nSPS) is 14.9. The van der Waals surface area contributed by atoms with Gasteiger partial charge in [0.25, 0.3) is 0 Å². The van der Waals surface area contributed by atoms with Gasteiger partial charge in [0.2, 0.25) is 0 Å². The van der Waals surface area contributed by atoms with Crippen LogP contribution in [0.5, 0.6) is 0 Å². The van der Waals surface area contributed by atoms with E-state index in [0.29, 0.717) is 34.9 Å². The molecule has 1 aliphatic rings. The Morgan fingerprint density at radius 3 is 2.70 bits per heavy atom. The first-order valence-corrected chi connectivity index (χ1v) is 11.2. The monoisotopic (exact) mass is 441 g/mol. The van der Waals surface area contributed by atoms with Crippen LogP contribution >= 0.6 is 0 Å². The molecule has 5 aromatic rings. The van der Waals surface area contributed by atoms with Gasteiger partial charge < -0.3 is 11.1 Å². The number of aromatic nitrogens is 5. The average molecular weight is 442 g/mol. The number of nitrogens with two attached hydrogens (primary N) is 1. The van der Waals surface area contributed by atoms with E-state index in [0.717, 1.165) is 48.1 Å². The first-order chi connectivity index (χ1) is 16.2. The fraction of sp³-hybridized carbons (Fsp3) is 0.240. The third-order valence-electron chi connectivity index (χ3n) is 6.49. The highest BCUT2D eigenvalue weighted by Gasteiger charge is 2.24. The second-order valence-corrected chi connectivity index (χ2v) is 8.62. The highest BCUT2D eigenvalue weighted by molar-refractivity contribution is 5.93. The quantitative estimate of drug-likeness (QED) is 0.441. The predicted octanol–water partition coefficient (Wildman–Crippen LogP) is 3.98. The number of nitrogens with one attached hydrogen (secondary N) is 1. The zero-order valence-corrected chi connectivity index (χ0v) is 18.1. The number of halogens is 1. The van der Waals surface area contributed by atoms with Gasteiger partial charge in [-0.3, -0.25) is 4.68 Å². The van der Waals surface area contributed by atoms with Crippen molar-refractivity contribution >= 4 is 22.2 Å². The zero-order valence-electron chi connectivity index (χ0n) is 18.1. The summed E-state index contributed by atoms with van der Waals surface area (Å²) in [7, 11) is 0. The van der Waals surface area contributed by atoms with Crippen molar-refractivity contribution in [2.75, 3.05) is 18.8 Å². The van der Waals surface area contributed by atoms with Gasteiger partial charge in [0.05, 0.1) is 12.1 Å². The lowest BCUT2D eigenvalue weighted by Crippen LogP contribution is -2.27. The van der Waals surface area contributed by atoms with Crippen molar-refractivity contribution in [3.05, 3.63) is 78.1 Å². The van der Waals surface area contributed by atoms with Crippen molar-refractivity contribution in [1.82, 2.24) is 29.7 Å². The highest BCUT2D eigenvalue weighted by atomic mass is 19.1. The Bertz CT molecular complexity index is 1450. The van der Waals surface area contributed by atoms with Crippen LogP contribution in [0.15, 0.2) is 61.1 Å². The van der Waals surface area contributed by atoms with E-state index in [1.54, 1.807) is 12.1 Å². The van der Waals surface area contributed by atoms with Crippen LogP contribution in [0.4, 0.5) is 10.2 Å². The summed E-state index contributed by atoms with van der Waals surface area (Å²) in [4.78, 5) is 4.19. The van der Waals surface area contributed by atoms with Gasteiger partial charge >= 0.3 is 0 Å². The fourth-order valence-electron chi connectivity index (χ4n) is 4.86. The number of piperidine rings is 1. The van der Waals surface area contributed by atoms with Crippen LogP contribution in [0, 0.1) is 5.82 Å². The van der Waals surface area contributed by atoms with E-state index in [1.165, 1.54) is 6.33 Å². The van der Waals surface area contributed by atoms with Gasteiger partial charge in [0, 0.05) is 34.3 Å². The summed E-state index contributed by atoms with van der Waals surface area (Å²) < 4.78 is 19.1. The molecule has 6 rings (SSSR count). The molecule has 1 aliphatic heterocycles. The predicted molar refractivity (Wildman–Crippen MR) is 126 cm³/mol. The molecule has 0 unspecified atom stereocenters. The number of benzene rings is 2. The lowest BCUT2D eigenvalue weighted by atomic mass is 9.94. The molecule has 166 valence electrons. The van der Waals surface area contributed by atoms with Crippen LogP contribution < -0.4 is 11.1 Å².